The summed E-state index contributed by atoms with van der Waals surface area (Å²) in [6.07, 6.45) is 61.3. The van der Waals surface area contributed by atoms with Crippen LogP contribution in [0.2, 0.25) is 0 Å². The molecule has 103 heavy (non-hydrogen) atoms. The summed E-state index contributed by atoms with van der Waals surface area (Å²) in [6.45, 7) is 14.3. The number of esters is 4. The molecule has 19 heteroatoms. The predicted octanol–water partition coefficient (Wildman–Crippen LogP) is 25.2. The van der Waals surface area contributed by atoms with Gasteiger partial charge in [0.05, 0.1) is 26.4 Å². The Morgan fingerprint density at radius 1 is 0.272 bits per heavy atom. The van der Waals surface area contributed by atoms with Crippen molar-refractivity contribution in [3.63, 3.8) is 0 Å². The molecule has 0 saturated heterocycles. The molecule has 6 atom stereocenters. The first-order valence-electron chi connectivity index (χ1n) is 43.2. The van der Waals surface area contributed by atoms with Crippen LogP contribution >= 0.6 is 15.6 Å². The quantitative estimate of drug-likeness (QED) is 0.0222. The smallest absolute Gasteiger partial charge is 0.462 e. The number of hydrogen-bond donors (Lipinski definition) is 3. The Balaban J connectivity index is 5.21. The molecule has 3 N–H and O–H groups in total. The number of unbranched alkanes of at least 4 members (excludes halogenated alkanes) is 46. The molecule has 0 bridgehead atoms. The van der Waals surface area contributed by atoms with Crippen molar-refractivity contribution < 1.29 is 80.2 Å². The first-order chi connectivity index (χ1) is 49.6. The van der Waals surface area contributed by atoms with E-state index in [-0.39, 0.29) is 25.7 Å². The third-order valence-corrected chi connectivity index (χ3v) is 21.8. The van der Waals surface area contributed by atoms with E-state index in [1.54, 1.807) is 0 Å². The van der Waals surface area contributed by atoms with Gasteiger partial charge in [-0.25, -0.2) is 9.13 Å². The highest BCUT2D eigenvalue weighted by molar-refractivity contribution is 7.47. The minimum Gasteiger partial charge on any atom is -0.462 e. The number of phosphoric ester groups is 2. The van der Waals surface area contributed by atoms with Gasteiger partial charge < -0.3 is 33.8 Å². The normalized spacial score (nSPS) is 14.2. The van der Waals surface area contributed by atoms with Gasteiger partial charge in [-0.3, -0.25) is 37.3 Å². The third kappa shape index (κ3) is 76.6. The maximum Gasteiger partial charge on any atom is 0.472 e. The van der Waals surface area contributed by atoms with Gasteiger partial charge in [0.25, 0.3) is 0 Å². The van der Waals surface area contributed by atoms with Crippen LogP contribution in [0.3, 0.4) is 0 Å². The van der Waals surface area contributed by atoms with Gasteiger partial charge in [-0.05, 0) is 49.4 Å². The molecule has 0 aromatic heterocycles. The van der Waals surface area contributed by atoms with Crippen molar-refractivity contribution in [3.05, 3.63) is 0 Å². The van der Waals surface area contributed by atoms with E-state index in [4.69, 9.17) is 37.0 Å². The molecule has 17 nitrogen and oxygen atoms in total. The van der Waals surface area contributed by atoms with Crippen LogP contribution in [0, 0.1) is 23.7 Å². The Labute approximate surface area is 632 Å². The van der Waals surface area contributed by atoms with Crippen LogP contribution in [0.15, 0.2) is 0 Å². The zero-order valence-electron chi connectivity index (χ0n) is 68.0. The second kappa shape index (κ2) is 72.9. The van der Waals surface area contributed by atoms with E-state index >= 15 is 0 Å². The summed E-state index contributed by atoms with van der Waals surface area (Å²) < 4.78 is 68.8. The lowest BCUT2D eigenvalue weighted by atomic mass is 9.99. The third-order valence-electron chi connectivity index (χ3n) is 19.9. The number of ether oxygens (including phenoxy) is 4. The number of carbonyl (C=O) groups excluding carboxylic acids is 4. The molecule has 0 radical (unpaired) electrons. The molecule has 0 aromatic carbocycles. The Bertz CT molecular complexity index is 2010. The summed E-state index contributed by atoms with van der Waals surface area (Å²) in [4.78, 5) is 73.1. The largest absolute Gasteiger partial charge is 0.472 e. The summed E-state index contributed by atoms with van der Waals surface area (Å²) in [6, 6.07) is 0. The number of aliphatic hydroxyl groups excluding tert-OH is 1. The monoisotopic (exact) mass is 1510 g/mol. The summed E-state index contributed by atoms with van der Waals surface area (Å²) in [5.41, 5.74) is 0. The van der Waals surface area contributed by atoms with Crippen molar-refractivity contribution in [2.45, 2.75) is 453 Å². The fraction of sp³-hybridized carbons (Fsp3) is 0.952. The van der Waals surface area contributed by atoms with E-state index in [2.05, 4.69) is 55.4 Å². The highest BCUT2D eigenvalue weighted by atomic mass is 31.2. The summed E-state index contributed by atoms with van der Waals surface area (Å²) >= 11 is 0. The zero-order chi connectivity index (χ0) is 76.0. The van der Waals surface area contributed by atoms with Crippen molar-refractivity contribution in [1.82, 2.24) is 0 Å². The molecule has 0 heterocycles. The SMILES string of the molecule is CCC(C)CCCCCCCCCCCCC(=O)O[C@H](COC(=O)CCCCCCCCC(C)C)COP(=O)(O)OC[C@H](O)COP(=O)(O)OC[C@@H](COC(=O)CCCCCCCCCCCCCCCCCCCCC(C)C)OC(=O)CCCCCCCCCCCCCCCCCCC(C)C. The topological polar surface area (TPSA) is 237 Å². The lowest BCUT2D eigenvalue weighted by molar-refractivity contribution is -0.161. The minimum atomic E-state index is -4.97. The van der Waals surface area contributed by atoms with Crippen molar-refractivity contribution in [3.8, 4) is 0 Å². The van der Waals surface area contributed by atoms with Crippen LogP contribution in [-0.2, 0) is 65.4 Å². The molecular formula is C84H164O17P2. The first kappa shape index (κ1) is 101. The summed E-state index contributed by atoms with van der Waals surface area (Å²) in [5, 5.41) is 10.7. The highest BCUT2D eigenvalue weighted by Crippen LogP contribution is 2.45. The van der Waals surface area contributed by atoms with Crippen LogP contribution in [0.1, 0.15) is 434 Å². The van der Waals surface area contributed by atoms with Crippen LogP contribution in [0.4, 0.5) is 0 Å². The molecule has 3 unspecified atom stereocenters. The average molecular weight is 1510 g/mol. The van der Waals surface area contributed by atoms with E-state index in [1.165, 1.54) is 231 Å². The van der Waals surface area contributed by atoms with Crippen molar-refractivity contribution in [2.75, 3.05) is 39.6 Å². The number of aliphatic hydroxyl groups is 1. The van der Waals surface area contributed by atoms with Gasteiger partial charge in [-0.15, -0.1) is 0 Å². The minimum absolute atomic E-state index is 0.105. The van der Waals surface area contributed by atoms with Crippen molar-refractivity contribution in [1.29, 1.82) is 0 Å². The van der Waals surface area contributed by atoms with Crippen molar-refractivity contribution in [2.24, 2.45) is 23.7 Å². The fourth-order valence-electron chi connectivity index (χ4n) is 12.9. The lowest BCUT2D eigenvalue weighted by Crippen LogP contribution is -2.30. The second-order valence-corrected chi connectivity index (χ2v) is 34.8. The van der Waals surface area contributed by atoms with Crippen LogP contribution in [0.25, 0.3) is 0 Å². The Morgan fingerprint density at radius 3 is 0.689 bits per heavy atom. The Hall–Kier alpha value is -1.94. The number of rotatable bonds is 81. The number of phosphoric acid groups is 2. The maximum absolute atomic E-state index is 13.1. The molecule has 0 aliphatic rings. The van der Waals surface area contributed by atoms with E-state index in [9.17, 15) is 43.2 Å². The molecule has 0 amide bonds. The number of carbonyl (C=O) groups is 4. The molecule has 0 saturated carbocycles. The van der Waals surface area contributed by atoms with Crippen LogP contribution in [0.5, 0.6) is 0 Å². The van der Waals surface area contributed by atoms with E-state index in [1.807, 2.05) is 0 Å². The van der Waals surface area contributed by atoms with Gasteiger partial charge in [0.2, 0.25) is 0 Å². The first-order valence-corrected chi connectivity index (χ1v) is 46.2. The van der Waals surface area contributed by atoms with Gasteiger partial charge in [-0.2, -0.15) is 0 Å². The average Bonchev–Trinajstić information content (AvgIpc) is 0.912. The summed E-state index contributed by atoms with van der Waals surface area (Å²) in [7, 11) is -9.92. The molecule has 0 aliphatic carbocycles. The van der Waals surface area contributed by atoms with Gasteiger partial charge in [-0.1, -0.05) is 383 Å². The lowest BCUT2D eigenvalue weighted by Gasteiger charge is -2.21. The Kier molecular flexibility index (Phi) is 71.5. The van der Waals surface area contributed by atoms with Crippen LogP contribution < -0.4 is 0 Å². The maximum atomic E-state index is 13.1. The molecule has 612 valence electrons. The van der Waals surface area contributed by atoms with Gasteiger partial charge >= 0.3 is 39.5 Å². The van der Waals surface area contributed by atoms with Gasteiger partial charge in [0.15, 0.2) is 12.2 Å². The highest BCUT2D eigenvalue weighted by Gasteiger charge is 2.30. The molecule has 0 spiro atoms. The molecule has 0 aliphatic heterocycles. The second-order valence-electron chi connectivity index (χ2n) is 31.9. The molecule has 0 fully saturated rings. The predicted molar refractivity (Wildman–Crippen MR) is 423 cm³/mol. The van der Waals surface area contributed by atoms with E-state index in [0.717, 1.165) is 114 Å². The molecule has 0 aromatic rings. The molecule has 0 rings (SSSR count). The summed E-state index contributed by atoms with van der Waals surface area (Å²) in [5.74, 6) is 1.00. The fourth-order valence-corrected chi connectivity index (χ4v) is 14.5. The Morgan fingerprint density at radius 2 is 0.466 bits per heavy atom. The standard InChI is InChI=1S/C84H164O17P2/c1-9-77(8)63-55-47-38-32-28-29-35-41-51-59-67-84(89)101-80(71-95-82(87)65-57-49-43-42-46-54-62-76(6)7)73-99-103(92,93)97-69-78(85)68-96-102(90,91)98-72-79(100-83(88)66-58-50-40-34-27-23-19-15-14-17-21-25-31-37-45-53-61-75(4)5)70-94-81(86)64-56-48-39-33-26-22-18-13-11-10-12-16-20-24-30-36-44-52-60-74(2)3/h74-80,85H,9-73H2,1-8H3,(H,90,91)(H,92,93)/t77?,78-,79-,80-/m1/s1. The zero-order valence-corrected chi connectivity index (χ0v) is 69.7. The van der Waals surface area contributed by atoms with Gasteiger partial charge in [0, 0.05) is 25.7 Å². The van der Waals surface area contributed by atoms with E-state index in [0.29, 0.717) is 31.6 Å². The van der Waals surface area contributed by atoms with Gasteiger partial charge in [0.1, 0.15) is 19.3 Å². The van der Waals surface area contributed by atoms with Crippen molar-refractivity contribution >= 4 is 39.5 Å². The van der Waals surface area contributed by atoms with E-state index < -0.39 is 97.5 Å². The van der Waals surface area contributed by atoms with Crippen LogP contribution in [-0.4, -0.2) is 96.7 Å². The molecular weight excluding hydrogens is 1340 g/mol. The number of hydrogen-bond acceptors (Lipinski definition) is 15.